The van der Waals surface area contributed by atoms with Crippen LogP contribution in [0.4, 0.5) is 5.69 Å². The maximum Gasteiger partial charge on any atom is 0.278 e. The highest BCUT2D eigenvalue weighted by Crippen LogP contribution is 2.34. The Labute approximate surface area is 110 Å². The Kier molecular flexibility index (Phi) is 3.71. The molecule has 19 heavy (non-hydrogen) atoms. The second-order valence-corrected chi connectivity index (χ2v) is 4.18. The van der Waals surface area contributed by atoms with Gasteiger partial charge in [-0.2, -0.15) is 0 Å². The van der Waals surface area contributed by atoms with Crippen molar-refractivity contribution in [1.82, 2.24) is 0 Å². The lowest BCUT2D eigenvalue weighted by Crippen LogP contribution is -2.52. The van der Waals surface area contributed by atoms with Crippen molar-refractivity contribution in [3.8, 4) is 5.75 Å². The summed E-state index contributed by atoms with van der Waals surface area (Å²) in [6, 6.07) is 6.38. The van der Waals surface area contributed by atoms with Gasteiger partial charge in [-0.3, -0.25) is 9.59 Å². The molecule has 3 N–H and O–H groups in total. The van der Waals surface area contributed by atoms with E-state index in [1.54, 1.807) is 12.1 Å². The number of nitrogens with two attached hydrogens (primary N) is 1. The average molecular weight is 263 g/mol. The number of ether oxygens (including phenoxy) is 1. The zero-order valence-corrected chi connectivity index (χ0v) is 10.5. The van der Waals surface area contributed by atoms with Crippen LogP contribution in [-0.2, 0) is 16.0 Å². The molecule has 6 heteroatoms. The molecule has 1 heterocycles. The van der Waals surface area contributed by atoms with Crippen molar-refractivity contribution in [1.29, 1.82) is 0 Å². The molecule has 6 nitrogen and oxygen atoms in total. The van der Waals surface area contributed by atoms with Gasteiger partial charge in [-0.05, 0) is 30.2 Å². The van der Waals surface area contributed by atoms with Crippen molar-refractivity contribution < 1.29 is 19.4 Å². The topological polar surface area (TPSA) is 92.9 Å². The van der Waals surface area contributed by atoms with Gasteiger partial charge in [0.1, 0.15) is 5.75 Å². The van der Waals surface area contributed by atoms with Crippen molar-refractivity contribution in [3.05, 3.63) is 23.8 Å². The molecule has 0 fully saturated rings. The molecule has 2 amide bonds. The number of carbonyl (C=O) groups excluding carboxylic acids is 2. The van der Waals surface area contributed by atoms with Crippen LogP contribution in [0.5, 0.6) is 5.75 Å². The van der Waals surface area contributed by atoms with Crippen LogP contribution < -0.4 is 15.4 Å². The fourth-order valence-corrected chi connectivity index (χ4v) is 1.96. The van der Waals surface area contributed by atoms with E-state index in [1.165, 1.54) is 4.90 Å². The highest BCUT2D eigenvalue weighted by atomic mass is 16.5. The first-order valence-corrected chi connectivity index (χ1v) is 6.01. The van der Waals surface area contributed by atoms with E-state index in [4.69, 9.17) is 15.6 Å². The van der Waals surface area contributed by atoms with E-state index >= 15 is 0 Å². The minimum absolute atomic E-state index is 0.0816. The molecular formula is C13H15N2O4. The van der Waals surface area contributed by atoms with E-state index < -0.39 is 17.9 Å². The molecule has 0 saturated carbocycles. The number of hydrogen-bond acceptors (Lipinski definition) is 4. The maximum absolute atomic E-state index is 12.0. The van der Waals surface area contributed by atoms with Crippen LogP contribution in [0, 0.1) is 6.07 Å². The summed E-state index contributed by atoms with van der Waals surface area (Å²) in [5, 5.41) is 9.03. The molecule has 0 saturated heterocycles. The van der Waals surface area contributed by atoms with Gasteiger partial charge in [0, 0.05) is 6.54 Å². The predicted octanol–water partition coefficient (Wildman–Crippen LogP) is -0.379. The van der Waals surface area contributed by atoms with Gasteiger partial charge in [0.15, 0.2) is 0 Å². The van der Waals surface area contributed by atoms with Crippen LogP contribution in [0.2, 0.25) is 0 Å². The molecule has 101 valence electrons. The van der Waals surface area contributed by atoms with Crippen molar-refractivity contribution in [2.45, 2.75) is 19.4 Å². The minimum atomic E-state index is -1.34. The smallest absolute Gasteiger partial charge is 0.278 e. The Bertz CT molecular complexity index is 515. The van der Waals surface area contributed by atoms with E-state index in [0.29, 0.717) is 11.4 Å². The number of nitrogens with zero attached hydrogens (tertiary/aromatic N) is 1. The van der Waals surface area contributed by atoms with Gasteiger partial charge < -0.3 is 20.5 Å². The number of aliphatic hydroxyl groups excluding tert-OH is 1. The Morgan fingerprint density at radius 1 is 1.63 bits per heavy atom. The normalized spacial score (nSPS) is 17.9. The summed E-state index contributed by atoms with van der Waals surface area (Å²) in [4.78, 5) is 24.6. The summed E-state index contributed by atoms with van der Waals surface area (Å²) in [6.45, 7) is 1.83. The highest BCUT2D eigenvalue weighted by molar-refractivity contribution is 6.12. The number of hydrogen-bond donors (Lipinski definition) is 2. The SMILES string of the molecule is CCc1[c]cc2c(c1)OC(C(N)=O)C(=O)N2CCO. The van der Waals surface area contributed by atoms with E-state index in [9.17, 15) is 9.59 Å². The predicted molar refractivity (Wildman–Crippen MR) is 67.7 cm³/mol. The molecular weight excluding hydrogens is 248 g/mol. The lowest BCUT2D eigenvalue weighted by Gasteiger charge is -2.32. The number of anilines is 1. The van der Waals surface area contributed by atoms with Crippen LogP contribution in [0.3, 0.4) is 0 Å². The van der Waals surface area contributed by atoms with Crippen LogP contribution in [0.15, 0.2) is 12.1 Å². The molecule has 1 aromatic carbocycles. The van der Waals surface area contributed by atoms with Gasteiger partial charge in [-0.1, -0.05) is 6.92 Å². The number of primary amides is 1. The van der Waals surface area contributed by atoms with E-state index in [0.717, 1.165) is 12.0 Å². The van der Waals surface area contributed by atoms with Gasteiger partial charge in [0.05, 0.1) is 12.3 Å². The summed E-state index contributed by atoms with van der Waals surface area (Å²) in [5.41, 5.74) is 6.56. The Hall–Kier alpha value is -2.08. The number of rotatable bonds is 4. The minimum Gasteiger partial charge on any atom is -0.468 e. The molecule has 1 unspecified atom stereocenters. The highest BCUT2D eigenvalue weighted by Gasteiger charge is 2.37. The molecule has 1 aliphatic rings. The first-order chi connectivity index (χ1) is 9.08. The molecule has 1 aromatic rings. The summed E-state index contributed by atoms with van der Waals surface area (Å²) in [5.74, 6) is -0.997. The van der Waals surface area contributed by atoms with Crippen molar-refractivity contribution in [3.63, 3.8) is 0 Å². The molecule has 2 rings (SSSR count). The summed E-state index contributed by atoms with van der Waals surface area (Å²) in [6.07, 6.45) is -0.586. The third-order valence-corrected chi connectivity index (χ3v) is 2.94. The van der Waals surface area contributed by atoms with Crippen LogP contribution in [0.25, 0.3) is 0 Å². The standard InChI is InChI=1S/C13H15N2O4/c1-2-8-3-4-9-10(7-8)19-11(12(14)17)13(18)15(9)5-6-16/h4,7,11,16H,2,5-6H2,1H3,(H2,14,17). The molecule has 1 aliphatic heterocycles. The fourth-order valence-electron chi connectivity index (χ4n) is 1.96. The first kappa shape index (κ1) is 13.4. The zero-order chi connectivity index (χ0) is 14.0. The van der Waals surface area contributed by atoms with E-state index in [1.807, 2.05) is 6.92 Å². The lowest BCUT2D eigenvalue weighted by atomic mass is 10.1. The summed E-state index contributed by atoms with van der Waals surface area (Å²) < 4.78 is 5.36. The molecule has 1 atom stereocenters. The van der Waals surface area contributed by atoms with Gasteiger partial charge in [-0.25, -0.2) is 0 Å². The first-order valence-electron chi connectivity index (χ1n) is 6.01. The van der Waals surface area contributed by atoms with E-state index in [-0.39, 0.29) is 13.2 Å². The van der Waals surface area contributed by atoms with Gasteiger partial charge in [0.2, 0.25) is 0 Å². The number of amides is 2. The molecule has 0 bridgehead atoms. The van der Waals surface area contributed by atoms with Gasteiger partial charge in [0.25, 0.3) is 17.9 Å². The van der Waals surface area contributed by atoms with Gasteiger partial charge >= 0.3 is 0 Å². The number of carbonyl (C=O) groups is 2. The Balaban J connectivity index is 2.45. The molecule has 1 radical (unpaired) electrons. The summed E-state index contributed by atoms with van der Waals surface area (Å²) >= 11 is 0. The van der Waals surface area contributed by atoms with Crippen LogP contribution in [-0.4, -0.2) is 36.2 Å². The van der Waals surface area contributed by atoms with Gasteiger partial charge in [-0.15, -0.1) is 0 Å². The number of β-amino-alcohol motifs (C(OH)–C–C–N with tert-alkyl or cyclic N) is 1. The number of aliphatic hydroxyl groups is 1. The van der Waals surface area contributed by atoms with Crippen molar-refractivity contribution in [2.75, 3.05) is 18.1 Å². The zero-order valence-electron chi connectivity index (χ0n) is 10.5. The molecule has 0 spiro atoms. The fraction of sp³-hybridized carbons (Fsp3) is 0.385. The third-order valence-electron chi connectivity index (χ3n) is 2.94. The largest absolute Gasteiger partial charge is 0.468 e. The quantitative estimate of drug-likeness (QED) is 0.724. The monoisotopic (exact) mass is 263 g/mol. The lowest BCUT2D eigenvalue weighted by molar-refractivity contribution is -0.136. The van der Waals surface area contributed by atoms with Crippen LogP contribution >= 0.6 is 0 Å². The van der Waals surface area contributed by atoms with Crippen molar-refractivity contribution in [2.24, 2.45) is 5.73 Å². The van der Waals surface area contributed by atoms with Crippen molar-refractivity contribution >= 4 is 17.5 Å². The number of benzene rings is 1. The number of fused-ring (bicyclic) bond motifs is 1. The second kappa shape index (κ2) is 5.27. The average Bonchev–Trinajstić information content (AvgIpc) is 2.40. The second-order valence-electron chi connectivity index (χ2n) is 4.18. The van der Waals surface area contributed by atoms with Crippen LogP contribution in [0.1, 0.15) is 12.5 Å². The Morgan fingerprint density at radius 2 is 2.37 bits per heavy atom. The summed E-state index contributed by atoms with van der Waals surface area (Å²) in [7, 11) is 0. The number of aryl methyl sites for hydroxylation is 1. The Morgan fingerprint density at radius 3 is 2.95 bits per heavy atom. The molecule has 0 aromatic heterocycles. The van der Waals surface area contributed by atoms with E-state index in [2.05, 4.69) is 6.07 Å². The molecule has 0 aliphatic carbocycles. The maximum atomic E-state index is 12.0. The third kappa shape index (κ3) is 2.39.